The molecule has 1 aliphatic heterocycles. The van der Waals surface area contributed by atoms with Crippen molar-refractivity contribution in [2.75, 3.05) is 13.7 Å². The Labute approximate surface area is 150 Å². The summed E-state index contributed by atoms with van der Waals surface area (Å²) < 4.78 is 5.59. The number of benzene rings is 2. The monoisotopic (exact) mass is 350 g/mol. The third kappa shape index (κ3) is 3.10. The maximum Gasteiger partial charge on any atom is 0.265 e. The molecule has 0 aromatic heterocycles. The second kappa shape index (κ2) is 6.75. The fourth-order valence-corrected chi connectivity index (χ4v) is 2.74. The minimum absolute atomic E-state index is 0.0157. The molecule has 3 rings (SSSR count). The zero-order valence-corrected chi connectivity index (χ0v) is 14.2. The standard InChI is InChI=1S/C19H14N2O3S/c1-3-10-24-16-9-8-12-6-4-5-7-13(12)14(16)11-15-17(22)20-19(25)21(2)18(15)23/h1,4-9,11H,10H2,2H3,(H,20,22,25)/b15-11+. The third-order valence-corrected chi connectivity index (χ3v) is 4.21. The second-order valence-electron chi connectivity index (χ2n) is 5.37. The van der Waals surface area contributed by atoms with Crippen LogP contribution in [-0.2, 0) is 9.59 Å². The normalized spacial score (nSPS) is 16.1. The van der Waals surface area contributed by atoms with Gasteiger partial charge in [-0.3, -0.25) is 19.8 Å². The molecule has 25 heavy (non-hydrogen) atoms. The van der Waals surface area contributed by atoms with Crippen LogP contribution in [0.1, 0.15) is 5.56 Å². The lowest BCUT2D eigenvalue weighted by Crippen LogP contribution is -2.52. The van der Waals surface area contributed by atoms with E-state index < -0.39 is 11.8 Å². The molecule has 0 saturated carbocycles. The van der Waals surface area contributed by atoms with Gasteiger partial charge in [0.15, 0.2) is 5.11 Å². The smallest absolute Gasteiger partial charge is 0.265 e. The van der Waals surface area contributed by atoms with Crippen molar-refractivity contribution in [1.29, 1.82) is 0 Å². The molecule has 5 nitrogen and oxygen atoms in total. The van der Waals surface area contributed by atoms with Gasteiger partial charge in [0.05, 0.1) is 0 Å². The Morgan fingerprint density at radius 1 is 1.28 bits per heavy atom. The fourth-order valence-electron chi connectivity index (χ4n) is 2.56. The van der Waals surface area contributed by atoms with Crippen molar-refractivity contribution in [3.8, 4) is 18.1 Å². The van der Waals surface area contributed by atoms with Gasteiger partial charge in [-0.15, -0.1) is 6.42 Å². The van der Waals surface area contributed by atoms with E-state index in [1.54, 1.807) is 6.07 Å². The lowest BCUT2D eigenvalue weighted by atomic mass is 10.00. The molecule has 2 amide bonds. The number of amides is 2. The molecular weight excluding hydrogens is 336 g/mol. The first kappa shape index (κ1) is 16.7. The van der Waals surface area contributed by atoms with Crippen LogP contribution in [0.2, 0.25) is 0 Å². The molecule has 1 fully saturated rings. The van der Waals surface area contributed by atoms with E-state index in [-0.39, 0.29) is 17.3 Å². The second-order valence-corrected chi connectivity index (χ2v) is 5.76. The first-order chi connectivity index (χ1) is 12.0. The Morgan fingerprint density at radius 2 is 2.04 bits per heavy atom. The van der Waals surface area contributed by atoms with Crippen molar-refractivity contribution >= 4 is 46.0 Å². The van der Waals surface area contributed by atoms with Gasteiger partial charge in [-0.2, -0.15) is 0 Å². The van der Waals surface area contributed by atoms with E-state index in [1.165, 1.54) is 18.0 Å². The molecule has 124 valence electrons. The highest BCUT2D eigenvalue weighted by Gasteiger charge is 2.31. The van der Waals surface area contributed by atoms with Gasteiger partial charge in [-0.1, -0.05) is 36.3 Å². The number of ether oxygens (including phenoxy) is 1. The molecule has 1 saturated heterocycles. The van der Waals surface area contributed by atoms with Crippen LogP contribution in [0.4, 0.5) is 0 Å². The van der Waals surface area contributed by atoms with Gasteiger partial charge in [-0.25, -0.2) is 0 Å². The third-order valence-electron chi connectivity index (χ3n) is 3.84. The van der Waals surface area contributed by atoms with Crippen molar-refractivity contribution in [2.45, 2.75) is 0 Å². The zero-order valence-electron chi connectivity index (χ0n) is 13.4. The summed E-state index contributed by atoms with van der Waals surface area (Å²) in [5, 5.41) is 4.38. The van der Waals surface area contributed by atoms with E-state index >= 15 is 0 Å². The molecule has 0 unspecified atom stereocenters. The number of carbonyl (C=O) groups is 2. The minimum atomic E-state index is -0.538. The van der Waals surface area contributed by atoms with E-state index in [0.29, 0.717) is 11.3 Å². The molecule has 1 aliphatic rings. The van der Waals surface area contributed by atoms with Gasteiger partial charge in [0.25, 0.3) is 11.8 Å². The number of thiocarbonyl (C=S) groups is 1. The summed E-state index contributed by atoms with van der Waals surface area (Å²) in [6, 6.07) is 11.3. The fraction of sp³-hybridized carbons (Fsp3) is 0.105. The quantitative estimate of drug-likeness (QED) is 0.399. The molecule has 1 heterocycles. The molecule has 0 aliphatic carbocycles. The largest absolute Gasteiger partial charge is 0.480 e. The zero-order chi connectivity index (χ0) is 18.0. The summed E-state index contributed by atoms with van der Waals surface area (Å²) in [5.74, 6) is 1.91. The van der Waals surface area contributed by atoms with E-state index in [1.807, 2.05) is 30.3 Å². The number of nitrogens with one attached hydrogen (secondary N) is 1. The Kier molecular flexibility index (Phi) is 4.50. The Morgan fingerprint density at radius 3 is 2.80 bits per heavy atom. The summed E-state index contributed by atoms with van der Waals surface area (Å²) >= 11 is 4.96. The Balaban J connectivity index is 2.19. The molecular formula is C19H14N2O3S. The Hall–Kier alpha value is -3.17. The highest BCUT2D eigenvalue weighted by atomic mass is 32.1. The van der Waals surface area contributed by atoms with Crippen LogP contribution < -0.4 is 10.1 Å². The van der Waals surface area contributed by atoms with E-state index in [4.69, 9.17) is 23.4 Å². The van der Waals surface area contributed by atoms with Crippen LogP contribution >= 0.6 is 12.2 Å². The van der Waals surface area contributed by atoms with Crippen LogP contribution in [-0.4, -0.2) is 35.5 Å². The molecule has 2 aromatic rings. The summed E-state index contributed by atoms with van der Waals surface area (Å²) in [6.45, 7) is 0.0820. The van der Waals surface area contributed by atoms with Crippen LogP contribution in [0.3, 0.4) is 0 Å². The van der Waals surface area contributed by atoms with E-state index in [0.717, 1.165) is 10.8 Å². The maximum atomic E-state index is 12.4. The molecule has 1 N–H and O–H groups in total. The first-order valence-electron chi connectivity index (χ1n) is 7.46. The van der Waals surface area contributed by atoms with Crippen molar-refractivity contribution in [3.05, 3.63) is 47.5 Å². The predicted molar refractivity (Wildman–Crippen MR) is 99.8 cm³/mol. The van der Waals surface area contributed by atoms with Gasteiger partial charge in [-0.05, 0) is 35.1 Å². The van der Waals surface area contributed by atoms with Crippen molar-refractivity contribution in [1.82, 2.24) is 10.2 Å². The van der Waals surface area contributed by atoms with Crippen LogP contribution in [0.25, 0.3) is 16.8 Å². The molecule has 6 heteroatoms. The van der Waals surface area contributed by atoms with Crippen LogP contribution in [0.5, 0.6) is 5.75 Å². The van der Waals surface area contributed by atoms with Gasteiger partial charge in [0.1, 0.15) is 17.9 Å². The molecule has 0 bridgehead atoms. The van der Waals surface area contributed by atoms with Crippen molar-refractivity contribution in [3.63, 3.8) is 0 Å². The minimum Gasteiger partial charge on any atom is -0.480 e. The average Bonchev–Trinajstić information content (AvgIpc) is 2.62. The lowest BCUT2D eigenvalue weighted by Gasteiger charge is -2.25. The summed E-state index contributed by atoms with van der Waals surface area (Å²) in [7, 11) is 1.51. The first-order valence-corrected chi connectivity index (χ1v) is 7.87. The van der Waals surface area contributed by atoms with Crippen molar-refractivity contribution in [2.24, 2.45) is 0 Å². The number of nitrogens with zero attached hydrogens (tertiary/aromatic N) is 1. The number of hydrogen-bond acceptors (Lipinski definition) is 4. The predicted octanol–water partition coefficient (Wildman–Crippen LogP) is 2.11. The number of rotatable bonds is 3. The summed E-state index contributed by atoms with van der Waals surface area (Å²) in [6.07, 6.45) is 6.79. The van der Waals surface area contributed by atoms with E-state index in [9.17, 15) is 9.59 Å². The average molecular weight is 350 g/mol. The summed E-state index contributed by atoms with van der Waals surface area (Å²) in [4.78, 5) is 25.9. The number of fused-ring (bicyclic) bond motifs is 1. The number of terminal acetylenes is 1. The van der Waals surface area contributed by atoms with Gasteiger partial charge >= 0.3 is 0 Å². The highest BCUT2D eigenvalue weighted by molar-refractivity contribution is 7.80. The number of carbonyl (C=O) groups excluding carboxylic acids is 2. The Bertz CT molecular complexity index is 972. The molecule has 0 spiro atoms. The molecule has 2 aromatic carbocycles. The SMILES string of the molecule is C#CCOc1ccc2ccccc2c1/C=C1\C(=O)NC(=S)N(C)C1=O. The van der Waals surface area contributed by atoms with E-state index in [2.05, 4.69) is 11.2 Å². The molecule has 0 atom stereocenters. The topological polar surface area (TPSA) is 58.6 Å². The summed E-state index contributed by atoms with van der Waals surface area (Å²) in [5.41, 5.74) is 0.603. The van der Waals surface area contributed by atoms with Crippen LogP contribution in [0.15, 0.2) is 42.0 Å². The van der Waals surface area contributed by atoms with Gasteiger partial charge in [0, 0.05) is 12.6 Å². The number of hydrogen-bond donors (Lipinski definition) is 1. The van der Waals surface area contributed by atoms with Gasteiger partial charge in [0.2, 0.25) is 0 Å². The maximum absolute atomic E-state index is 12.4. The highest BCUT2D eigenvalue weighted by Crippen LogP contribution is 2.31. The van der Waals surface area contributed by atoms with Crippen LogP contribution in [0, 0.1) is 12.3 Å². The van der Waals surface area contributed by atoms with Crippen molar-refractivity contribution < 1.29 is 14.3 Å². The lowest BCUT2D eigenvalue weighted by molar-refractivity contribution is -0.128. The van der Waals surface area contributed by atoms with Gasteiger partial charge < -0.3 is 4.74 Å². The molecule has 0 radical (unpaired) electrons. The number of likely N-dealkylation sites (N-methyl/N-ethyl adjacent to an activating group) is 1.